The number of aliphatic imine (C=N–C) groups is 1. The predicted octanol–water partition coefficient (Wildman–Crippen LogP) is 0.730. The van der Waals surface area contributed by atoms with E-state index in [0.29, 0.717) is 18.9 Å². The van der Waals surface area contributed by atoms with Gasteiger partial charge in [-0.05, 0) is 18.6 Å². The number of hydrogen-bond donors (Lipinski definition) is 3. The lowest BCUT2D eigenvalue weighted by atomic mass is 10.3. The van der Waals surface area contributed by atoms with E-state index < -0.39 is 0 Å². The maximum absolute atomic E-state index is 5.71. The van der Waals surface area contributed by atoms with E-state index in [9.17, 15) is 0 Å². The topological polar surface area (TPSA) is 94.2 Å². The van der Waals surface area contributed by atoms with Crippen LogP contribution in [0, 0.1) is 6.92 Å². The van der Waals surface area contributed by atoms with E-state index in [4.69, 9.17) is 11.5 Å². The first-order valence-corrected chi connectivity index (χ1v) is 6.33. The smallest absolute Gasteiger partial charge is 0.113 e. The minimum Gasteiger partial charge on any atom is -0.403 e. The Bertz CT molecular complexity index is 528. The summed E-state index contributed by atoms with van der Waals surface area (Å²) in [6.07, 6.45) is 8.45. The first kappa shape index (κ1) is 15.7. The highest BCUT2D eigenvalue weighted by Gasteiger charge is 1.94. The number of aryl methyl sites for hydroxylation is 2. The standard InChI is InChI=1S/C14H22N6/c1-12-8-17-6-3-4-13(11-20(12)2)9-18-10-14(16)19-7-5-15/h3-8,11,18H,9-10,15H2,1-2H3,(H2,16,19)/b4-3?,7-5-,12-8?,13-11?,17-6?. The van der Waals surface area contributed by atoms with Gasteiger partial charge in [0.1, 0.15) is 5.84 Å². The SMILES string of the molecule is Cc1cncccc(CNCC(N)=N/C=C\N)cn1C. The van der Waals surface area contributed by atoms with Crippen molar-refractivity contribution in [1.82, 2.24) is 14.9 Å². The molecular weight excluding hydrogens is 252 g/mol. The Hall–Kier alpha value is -2.34. The molecule has 6 nitrogen and oxygen atoms in total. The van der Waals surface area contributed by atoms with E-state index in [0.717, 1.165) is 11.3 Å². The van der Waals surface area contributed by atoms with Gasteiger partial charge >= 0.3 is 0 Å². The Labute approximate surface area is 119 Å². The van der Waals surface area contributed by atoms with Crippen LogP contribution in [0.4, 0.5) is 0 Å². The van der Waals surface area contributed by atoms with Crippen LogP contribution in [-0.2, 0) is 13.6 Å². The van der Waals surface area contributed by atoms with Crippen LogP contribution in [0.1, 0.15) is 11.3 Å². The van der Waals surface area contributed by atoms with Crippen molar-refractivity contribution in [2.45, 2.75) is 13.5 Å². The summed E-state index contributed by atoms with van der Waals surface area (Å²) in [6.45, 7) is 3.20. The number of nitrogens with zero attached hydrogens (tertiary/aromatic N) is 3. The average Bonchev–Trinajstić information content (AvgIpc) is 2.50. The third kappa shape index (κ3) is 6.01. The Balaban J connectivity index is 2.74. The summed E-state index contributed by atoms with van der Waals surface area (Å²) in [5, 5.41) is 3.23. The lowest BCUT2D eigenvalue weighted by Crippen LogP contribution is -2.28. The van der Waals surface area contributed by atoms with Gasteiger partial charge in [-0.25, -0.2) is 4.99 Å². The van der Waals surface area contributed by atoms with E-state index in [-0.39, 0.29) is 0 Å². The monoisotopic (exact) mass is 274 g/mol. The van der Waals surface area contributed by atoms with Gasteiger partial charge in [-0.1, -0.05) is 6.07 Å². The zero-order valence-electron chi connectivity index (χ0n) is 12.0. The molecule has 108 valence electrons. The number of aromatic nitrogens is 2. The predicted molar refractivity (Wildman–Crippen MR) is 82.2 cm³/mol. The molecule has 0 aromatic carbocycles. The summed E-state index contributed by atoms with van der Waals surface area (Å²) in [6, 6.07) is 3.91. The molecule has 0 fully saturated rings. The van der Waals surface area contributed by atoms with Crippen molar-refractivity contribution in [2.24, 2.45) is 23.5 Å². The highest BCUT2D eigenvalue weighted by Crippen LogP contribution is 1.97. The Morgan fingerprint density at radius 1 is 1.55 bits per heavy atom. The normalized spacial score (nSPS) is 11.6. The van der Waals surface area contributed by atoms with Crippen LogP contribution >= 0.6 is 0 Å². The van der Waals surface area contributed by atoms with Gasteiger partial charge in [0, 0.05) is 50.3 Å². The van der Waals surface area contributed by atoms with Crippen LogP contribution in [0.2, 0.25) is 0 Å². The van der Waals surface area contributed by atoms with Gasteiger partial charge in [0.25, 0.3) is 0 Å². The van der Waals surface area contributed by atoms with E-state index in [2.05, 4.69) is 21.5 Å². The fourth-order valence-electron chi connectivity index (χ4n) is 1.48. The molecule has 1 rings (SSSR count). The van der Waals surface area contributed by atoms with Crippen LogP contribution in [-0.4, -0.2) is 21.9 Å². The summed E-state index contributed by atoms with van der Waals surface area (Å²) < 4.78 is 2.03. The van der Waals surface area contributed by atoms with Crippen molar-refractivity contribution in [3.05, 3.63) is 54.4 Å². The van der Waals surface area contributed by atoms with Crippen LogP contribution in [0.5, 0.6) is 0 Å². The van der Waals surface area contributed by atoms with Gasteiger partial charge in [0.05, 0.1) is 6.54 Å². The summed E-state index contributed by atoms with van der Waals surface area (Å²) >= 11 is 0. The number of nitrogens with two attached hydrogens (primary N) is 2. The molecule has 0 atom stereocenters. The molecule has 0 saturated carbocycles. The second-order valence-electron chi connectivity index (χ2n) is 4.31. The molecule has 0 aliphatic rings. The first-order chi connectivity index (χ1) is 9.63. The zero-order valence-corrected chi connectivity index (χ0v) is 12.0. The molecule has 0 saturated heterocycles. The number of rotatable bonds is 5. The van der Waals surface area contributed by atoms with Crippen molar-refractivity contribution < 1.29 is 0 Å². The van der Waals surface area contributed by atoms with Gasteiger partial charge in [0.15, 0.2) is 0 Å². The zero-order chi connectivity index (χ0) is 14.8. The summed E-state index contributed by atoms with van der Waals surface area (Å²) in [7, 11) is 1.99. The lowest BCUT2D eigenvalue weighted by molar-refractivity contribution is 0.756. The number of nitrogens with one attached hydrogen (secondary N) is 1. The van der Waals surface area contributed by atoms with Crippen molar-refractivity contribution >= 4 is 5.84 Å². The molecule has 0 radical (unpaired) electrons. The van der Waals surface area contributed by atoms with Crippen molar-refractivity contribution in [2.75, 3.05) is 6.54 Å². The van der Waals surface area contributed by atoms with Gasteiger partial charge < -0.3 is 21.4 Å². The molecule has 5 N–H and O–H groups in total. The minimum absolute atomic E-state index is 0.491. The quantitative estimate of drug-likeness (QED) is 0.545. The van der Waals surface area contributed by atoms with Gasteiger partial charge in [-0.2, -0.15) is 0 Å². The van der Waals surface area contributed by atoms with Crippen LogP contribution < -0.4 is 16.8 Å². The van der Waals surface area contributed by atoms with Gasteiger partial charge in [-0.15, -0.1) is 0 Å². The van der Waals surface area contributed by atoms with E-state index in [1.807, 2.05) is 36.9 Å². The summed E-state index contributed by atoms with van der Waals surface area (Å²) in [5.41, 5.74) is 13.1. The van der Waals surface area contributed by atoms with Crippen molar-refractivity contribution in [3.8, 4) is 0 Å². The third-order valence-electron chi connectivity index (χ3n) is 2.62. The Morgan fingerprint density at radius 2 is 2.35 bits per heavy atom. The number of amidine groups is 1. The minimum atomic E-state index is 0.491. The van der Waals surface area contributed by atoms with Crippen molar-refractivity contribution in [1.29, 1.82) is 0 Å². The lowest BCUT2D eigenvalue weighted by Gasteiger charge is -2.05. The van der Waals surface area contributed by atoms with Gasteiger partial charge in [-0.3, -0.25) is 4.98 Å². The molecule has 0 aliphatic carbocycles. The fraction of sp³-hybridized carbons (Fsp3) is 0.286. The second-order valence-corrected chi connectivity index (χ2v) is 4.31. The molecule has 1 heterocycles. The second kappa shape index (κ2) is 8.71. The van der Waals surface area contributed by atoms with Crippen molar-refractivity contribution in [3.63, 3.8) is 0 Å². The maximum Gasteiger partial charge on any atom is 0.113 e. The molecule has 0 amide bonds. The van der Waals surface area contributed by atoms with E-state index in [1.54, 1.807) is 6.20 Å². The molecule has 0 aliphatic heterocycles. The highest BCUT2D eigenvalue weighted by atomic mass is 15.0. The highest BCUT2D eigenvalue weighted by molar-refractivity contribution is 5.82. The molecular formula is C14H22N6. The molecule has 0 unspecified atom stereocenters. The fourth-order valence-corrected chi connectivity index (χ4v) is 1.48. The molecule has 6 heteroatoms. The first-order valence-electron chi connectivity index (χ1n) is 6.33. The molecule has 1 aromatic heterocycles. The Kier molecular flexibility index (Phi) is 6.84. The number of hydrogen-bond acceptors (Lipinski definition) is 4. The van der Waals surface area contributed by atoms with E-state index >= 15 is 0 Å². The third-order valence-corrected chi connectivity index (χ3v) is 2.62. The Morgan fingerprint density at radius 3 is 3.10 bits per heavy atom. The summed E-state index contributed by atoms with van der Waals surface area (Å²) in [5.74, 6) is 0.491. The molecule has 20 heavy (non-hydrogen) atoms. The summed E-state index contributed by atoms with van der Waals surface area (Å²) in [4.78, 5) is 8.12. The van der Waals surface area contributed by atoms with E-state index in [1.165, 1.54) is 12.4 Å². The van der Waals surface area contributed by atoms with Gasteiger partial charge in [0.2, 0.25) is 0 Å². The maximum atomic E-state index is 5.71. The average molecular weight is 274 g/mol. The molecule has 1 aromatic rings. The van der Waals surface area contributed by atoms with Crippen LogP contribution in [0.3, 0.4) is 0 Å². The largest absolute Gasteiger partial charge is 0.403 e. The van der Waals surface area contributed by atoms with Crippen LogP contribution in [0.15, 0.2) is 48.1 Å². The molecule has 0 spiro atoms. The van der Waals surface area contributed by atoms with Crippen LogP contribution in [0.25, 0.3) is 0 Å². The molecule has 0 bridgehead atoms.